The van der Waals surface area contributed by atoms with Crippen molar-refractivity contribution in [3.8, 4) is 0 Å². The average molecular weight is 156 g/mol. The van der Waals surface area contributed by atoms with E-state index < -0.39 is 0 Å². The van der Waals surface area contributed by atoms with Crippen molar-refractivity contribution in [1.29, 1.82) is 0 Å². The van der Waals surface area contributed by atoms with Gasteiger partial charge in [0.25, 0.3) is 5.95 Å². The average Bonchev–Trinajstić information content (AvgIpc) is 2.19. The molecule has 0 saturated heterocycles. The van der Waals surface area contributed by atoms with Crippen LogP contribution in [0.2, 0.25) is 0 Å². The van der Waals surface area contributed by atoms with E-state index in [1.807, 2.05) is 6.92 Å². The Morgan fingerprint density at radius 2 is 2.27 bits per heavy atom. The Kier molecular flexibility index (Phi) is 2.17. The molecule has 1 aliphatic heterocycles. The first-order valence-electron chi connectivity index (χ1n) is 3.71. The largest absolute Gasteiger partial charge is 0.465 e. The van der Waals surface area contributed by atoms with Gasteiger partial charge in [0.05, 0.1) is 12.2 Å². The molecule has 0 aromatic heterocycles. The third-order valence-electron chi connectivity index (χ3n) is 1.60. The van der Waals surface area contributed by atoms with E-state index in [9.17, 15) is 4.79 Å². The third-order valence-corrected chi connectivity index (χ3v) is 1.60. The van der Waals surface area contributed by atoms with Gasteiger partial charge in [0.1, 0.15) is 0 Å². The van der Waals surface area contributed by atoms with Crippen LogP contribution in [0.5, 0.6) is 0 Å². The van der Waals surface area contributed by atoms with Gasteiger partial charge in [-0.1, -0.05) is 0 Å². The minimum absolute atomic E-state index is 0.0217. The molecule has 3 nitrogen and oxygen atoms in total. The van der Waals surface area contributed by atoms with Crippen LogP contribution >= 0.6 is 0 Å². The van der Waals surface area contributed by atoms with Crippen molar-refractivity contribution in [1.82, 2.24) is 0 Å². The van der Waals surface area contributed by atoms with Gasteiger partial charge in [-0.25, -0.2) is 0 Å². The molecule has 0 aromatic carbocycles. The first-order chi connectivity index (χ1) is 5.16. The Labute approximate surface area is 66.0 Å². The number of carbonyl (C=O) groups excluding carboxylic acids is 1. The number of rotatable bonds is 2. The molecule has 1 unspecified atom stereocenters. The van der Waals surface area contributed by atoms with Crippen LogP contribution in [-0.4, -0.2) is 18.5 Å². The lowest BCUT2D eigenvalue weighted by atomic mass is 10.2. The van der Waals surface area contributed by atoms with Gasteiger partial charge in [-0.15, -0.1) is 0 Å². The lowest BCUT2D eigenvalue weighted by Crippen LogP contribution is -2.12. The zero-order valence-electron chi connectivity index (χ0n) is 7.01. The van der Waals surface area contributed by atoms with Gasteiger partial charge in [-0.3, -0.25) is 4.79 Å². The van der Waals surface area contributed by atoms with Crippen LogP contribution < -0.4 is 0 Å². The van der Waals surface area contributed by atoms with Crippen LogP contribution in [0.25, 0.3) is 0 Å². The Bertz CT molecular complexity index is 205. The summed E-state index contributed by atoms with van der Waals surface area (Å²) < 4.78 is 10.2. The van der Waals surface area contributed by atoms with E-state index in [1.54, 1.807) is 13.8 Å². The van der Waals surface area contributed by atoms with Crippen molar-refractivity contribution in [3.05, 3.63) is 11.5 Å². The molecule has 0 N–H and O–H groups in total. The summed E-state index contributed by atoms with van der Waals surface area (Å²) in [6, 6.07) is 0. The lowest BCUT2D eigenvalue weighted by Gasteiger charge is -2.05. The molecule has 11 heavy (non-hydrogen) atoms. The molecular weight excluding hydrogens is 144 g/mol. The quantitative estimate of drug-likeness (QED) is 0.603. The highest BCUT2D eigenvalue weighted by atomic mass is 16.7. The van der Waals surface area contributed by atoms with E-state index in [0.717, 1.165) is 0 Å². The number of hydrogen-bond donors (Lipinski definition) is 0. The standard InChI is InChI=1S/C8H12O3/c1-4-10-8-5(2)7(9)6(3)11-8/h6H,4H2,1-3H3. The number of ether oxygens (including phenoxy) is 2. The highest BCUT2D eigenvalue weighted by Gasteiger charge is 2.29. The van der Waals surface area contributed by atoms with E-state index in [4.69, 9.17) is 9.47 Å². The van der Waals surface area contributed by atoms with Crippen LogP contribution in [0.15, 0.2) is 11.5 Å². The van der Waals surface area contributed by atoms with Crippen LogP contribution in [0.4, 0.5) is 0 Å². The first kappa shape index (κ1) is 8.11. The molecule has 0 fully saturated rings. The van der Waals surface area contributed by atoms with Gasteiger partial charge in [-0.2, -0.15) is 0 Å². The van der Waals surface area contributed by atoms with Crippen LogP contribution in [0.3, 0.4) is 0 Å². The second-order valence-electron chi connectivity index (χ2n) is 2.47. The molecule has 0 bridgehead atoms. The predicted octanol–water partition coefficient (Wildman–Crippen LogP) is 1.24. The minimum Gasteiger partial charge on any atom is -0.465 e. The molecule has 0 aromatic rings. The Morgan fingerprint density at radius 3 is 2.64 bits per heavy atom. The Balaban J connectivity index is 2.72. The number of ketones is 1. The van der Waals surface area contributed by atoms with Gasteiger partial charge in [0.15, 0.2) is 6.10 Å². The summed E-state index contributed by atoms with van der Waals surface area (Å²) in [5.41, 5.74) is 0.597. The fraction of sp³-hybridized carbons (Fsp3) is 0.625. The maximum absolute atomic E-state index is 11.1. The molecule has 1 atom stereocenters. The van der Waals surface area contributed by atoms with E-state index in [0.29, 0.717) is 18.1 Å². The normalized spacial score (nSPS) is 23.9. The van der Waals surface area contributed by atoms with Crippen molar-refractivity contribution < 1.29 is 14.3 Å². The molecule has 0 amide bonds. The summed E-state index contributed by atoms with van der Waals surface area (Å²) in [5.74, 6) is 0.415. The Morgan fingerprint density at radius 1 is 1.64 bits per heavy atom. The second-order valence-corrected chi connectivity index (χ2v) is 2.47. The highest BCUT2D eigenvalue weighted by molar-refractivity contribution is 6.00. The molecule has 0 radical (unpaired) electrons. The molecule has 0 saturated carbocycles. The summed E-state index contributed by atoms with van der Waals surface area (Å²) in [7, 11) is 0. The molecule has 62 valence electrons. The van der Waals surface area contributed by atoms with Crippen LogP contribution in [0, 0.1) is 0 Å². The maximum atomic E-state index is 11.1. The monoisotopic (exact) mass is 156 g/mol. The van der Waals surface area contributed by atoms with Gasteiger partial charge >= 0.3 is 0 Å². The summed E-state index contributed by atoms with van der Waals surface area (Å²) in [6.07, 6.45) is -0.364. The second kappa shape index (κ2) is 2.95. The number of carbonyl (C=O) groups is 1. The number of Topliss-reactive ketones (excluding diaryl/α,β-unsaturated/α-hetero) is 1. The van der Waals surface area contributed by atoms with E-state index >= 15 is 0 Å². The van der Waals surface area contributed by atoms with Crippen molar-refractivity contribution in [2.45, 2.75) is 26.9 Å². The zero-order chi connectivity index (χ0) is 8.43. The highest BCUT2D eigenvalue weighted by Crippen LogP contribution is 2.21. The topological polar surface area (TPSA) is 35.5 Å². The lowest BCUT2D eigenvalue weighted by molar-refractivity contribution is -0.121. The molecule has 0 aliphatic carbocycles. The molecule has 0 spiro atoms. The van der Waals surface area contributed by atoms with Gasteiger partial charge < -0.3 is 9.47 Å². The van der Waals surface area contributed by atoms with E-state index in [-0.39, 0.29) is 11.9 Å². The Hall–Kier alpha value is -0.990. The summed E-state index contributed by atoms with van der Waals surface area (Å²) in [5, 5.41) is 0. The van der Waals surface area contributed by atoms with Crippen LogP contribution in [-0.2, 0) is 14.3 Å². The minimum atomic E-state index is -0.364. The predicted molar refractivity (Wildman–Crippen MR) is 39.9 cm³/mol. The van der Waals surface area contributed by atoms with Crippen LogP contribution in [0.1, 0.15) is 20.8 Å². The first-order valence-corrected chi connectivity index (χ1v) is 3.71. The van der Waals surface area contributed by atoms with Gasteiger partial charge in [0, 0.05) is 0 Å². The fourth-order valence-electron chi connectivity index (χ4n) is 0.981. The van der Waals surface area contributed by atoms with Crippen molar-refractivity contribution >= 4 is 5.78 Å². The van der Waals surface area contributed by atoms with Gasteiger partial charge in [-0.05, 0) is 20.8 Å². The summed E-state index contributed by atoms with van der Waals surface area (Å²) in [4.78, 5) is 11.1. The molecule has 1 heterocycles. The number of hydrogen-bond acceptors (Lipinski definition) is 3. The van der Waals surface area contributed by atoms with Crippen molar-refractivity contribution in [2.75, 3.05) is 6.61 Å². The maximum Gasteiger partial charge on any atom is 0.286 e. The molecule has 1 aliphatic rings. The SMILES string of the molecule is CCOC1=C(C)C(=O)C(C)O1. The van der Waals surface area contributed by atoms with Gasteiger partial charge in [0.2, 0.25) is 5.78 Å². The van der Waals surface area contributed by atoms with E-state index in [1.165, 1.54) is 0 Å². The van der Waals surface area contributed by atoms with Crippen molar-refractivity contribution in [2.24, 2.45) is 0 Å². The molecule has 1 rings (SSSR count). The van der Waals surface area contributed by atoms with E-state index in [2.05, 4.69) is 0 Å². The fourth-order valence-corrected chi connectivity index (χ4v) is 0.981. The zero-order valence-corrected chi connectivity index (χ0v) is 7.01. The van der Waals surface area contributed by atoms with Crippen molar-refractivity contribution in [3.63, 3.8) is 0 Å². The molecule has 3 heteroatoms. The summed E-state index contributed by atoms with van der Waals surface area (Å²) >= 11 is 0. The smallest absolute Gasteiger partial charge is 0.286 e. The third kappa shape index (κ3) is 1.37. The molecular formula is C8H12O3. The summed E-state index contributed by atoms with van der Waals surface area (Å²) in [6.45, 7) is 5.83.